The molecular formula is C13H22BN3O4. The number of anilines is 1. The number of hydrogen-bond acceptors (Lipinski definition) is 7. The van der Waals surface area contributed by atoms with Crippen LogP contribution in [0, 0.1) is 0 Å². The molecular weight excluding hydrogens is 273 g/mol. The topological polar surface area (TPSA) is 88.7 Å². The molecule has 0 bridgehead atoms. The fourth-order valence-corrected chi connectivity index (χ4v) is 1.80. The van der Waals surface area contributed by atoms with Crippen molar-refractivity contribution >= 4 is 18.5 Å². The molecule has 1 saturated heterocycles. The summed E-state index contributed by atoms with van der Waals surface area (Å²) in [4.78, 5) is 8.43. The van der Waals surface area contributed by atoms with E-state index in [1.807, 2.05) is 27.7 Å². The van der Waals surface area contributed by atoms with Crippen LogP contribution in [0.1, 0.15) is 27.7 Å². The summed E-state index contributed by atoms with van der Waals surface area (Å²) in [5.41, 5.74) is 5.43. The number of nitrogens with two attached hydrogens (primary N) is 1. The molecule has 8 heteroatoms. The molecule has 2 rings (SSSR count). The Labute approximate surface area is 125 Å². The van der Waals surface area contributed by atoms with E-state index in [-0.39, 0.29) is 11.7 Å². The van der Waals surface area contributed by atoms with Crippen LogP contribution in [0.25, 0.3) is 0 Å². The number of hydrogen-bond donors (Lipinski definition) is 1. The molecule has 0 aromatic carbocycles. The van der Waals surface area contributed by atoms with E-state index in [9.17, 15) is 0 Å². The highest BCUT2D eigenvalue weighted by molar-refractivity contribution is 6.61. The van der Waals surface area contributed by atoms with E-state index in [2.05, 4.69) is 9.97 Å². The lowest BCUT2D eigenvalue weighted by atomic mass is 9.85. The summed E-state index contributed by atoms with van der Waals surface area (Å²) >= 11 is 0. The molecule has 1 aromatic heterocycles. The van der Waals surface area contributed by atoms with Gasteiger partial charge in [0.1, 0.15) is 6.61 Å². The highest BCUT2D eigenvalue weighted by Gasteiger charge is 2.52. The zero-order valence-electron chi connectivity index (χ0n) is 13.2. The molecule has 0 radical (unpaired) electrons. The Morgan fingerprint density at radius 2 is 1.81 bits per heavy atom. The van der Waals surface area contributed by atoms with Gasteiger partial charge in [-0.05, 0) is 27.7 Å². The number of ether oxygens (including phenoxy) is 2. The molecule has 1 aliphatic heterocycles. The minimum absolute atomic E-state index is 0.228. The van der Waals surface area contributed by atoms with Crippen molar-refractivity contribution in [3.8, 4) is 5.88 Å². The Morgan fingerprint density at radius 3 is 2.38 bits per heavy atom. The van der Waals surface area contributed by atoms with Crippen molar-refractivity contribution in [2.45, 2.75) is 38.9 Å². The SMILES string of the molecule is COCCOc1nc(B2OC(C)(C)C(C)(C)O2)cnc1N. The molecule has 0 atom stereocenters. The van der Waals surface area contributed by atoms with Gasteiger partial charge in [0.25, 0.3) is 5.88 Å². The molecule has 21 heavy (non-hydrogen) atoms. The van der Waals surface area contributed by atoms with Crippen LogP contribution in [0.15, 0.2) is 6.20 Å². The average molecular weight is 295 g/mol. The number of nitrogen functional groups attached to an aromatic ring is 1. The summed E-state index contributed by atoms with van der Waals surface area (Å²) in [5.74, 6) is 0.491. The van der Waals surface area contributed by atoms with Crippen LogP contribution in [0.5, 0.6) is 5.88 Å². The second-order valence-corrected chi connectivity index (χ2v) is 5.91. The Bertz CT molecular complexity index is 494. The van der Waals surface area contributed by atoms with Crippen LogP contribution in [-0.4, -0.2) is 48.6 Å². The molecule has 0 amide bonds. The first-order chi connectivity index (χ1) is 9.77. The molecule has 0 saturated carbocycles. The smallest absolute Gasteiger partial charge is 0.473 e. The number of aromatic nitrogens is 2. The zero-order chi connectivity index (χ0) is 15.7. The van der Waals surface area contributed by atoms with E-state index in [0.29, 0.717) is 18.8 Å². The number of methoxy groups -OCH3 is 1. The van der Waals surface area contributed by atoms with E-state index >= 15 is 0 Å². The Kier molecular flexibility index (Phi) is 4.41. The summed E-state index contributed by atoms with van der Waals surface area (Å²) in [6, 6.07) is 0. The van der Waals surface area contributed by atoms with Gasteiger partial charge in [-0.2, -0.15) is 0 Å². The van der Waals surface area contributed by atoms with Crippen molar-refractivity contribution in [2.75, 3.05) is 26.1 Å². The molecule has 1 fully saturated rings. The van der Waals surface area contributed by atoms with Crippen LogP contribution in [0.3, 0.4) is 0 Å². The Morgan fingerprint density at radius 1 is 1.19 bits per heavy atom. The average Bonchev–Trinajstić information content (AvgIpc) is 2.61. The third kappa shape index (κ3) is 3.28. The maximum atomic E-state index is 5.92. The maximum Gasteiger partial charge on any atom is 0.516 e. The van der Waals surface area contributed by atoms with Crippen LogP contribution in [0.2, 0.25) is 0 Å². The summed E-state index contributed by atoms with van der Waals surface area (Å²) in [6.07, 6.45) is 1.54. The van der Waals surface area contributed by atoms with Crippen molar-refractivity contribution in [1.82, 2.24) is 9.97 Å². The Hall–Kier alpha value is -1.38. The Balaban J connectivity index is 2.16. The molecule has 7 nitrogen and oxygen atoms in total. The first kappa shape index (κ1) is 16.0. The third-order valence-electron chi connectivity index (χ3n) is 3.81. The van der Waals surface area contributed by atoms with Crippen molar-refractivity contribution < 1.29 is 18.8 Å². The summed E-state index contributed by atoms with van der Waals surface area (Å²) < 4.78 is 22.2. The summed E-state index contributed by atoms with van der Waals surface area (Å²) in [6.45, 7) is 8.72. The van der Waals surface area contributed by atoms with E-state index in [0.717, 1.165) is 0 Å². The van der Waals surface area contributed by atoms with Crippen molar-refractivity contribution in [2.24, 2.45) is 0 Å². The highest BCUT2D eigenvalue weighted by Crippen LogP contribution is 2.36. The van der Waals surface area contributed by atoms with Gasteiger partial charge in [0.05, 0.1) is 23.4 Å². The van der Waals surface area contributed by atoms with Gasteiger partial charge >= 0.3 is 7.12 Å². The lowest BCUT2D eigenvalue weighted by molar-refractivity contribution is 0.00578. The lowest BCUT2D eigenvalue weighted by Gasteiger charge is -2.32. The van der Waals surface area contributed by atoms with Gasteiger partial charge < -0.3 is 24.5 Å². The molecule has 1 aromatic rings. The van der Waals surface area contributed by atoms with Crippen LogP contribution in [0.4, 0.5) is 5.82 Å². The second-order valence-electron chi connectivity index (χ2n) is 5.91. The molecule has 0 unspecified atom stereocenters. The normalized spacial score (nSPS) is 19.8. The van der Waals surface area contributed by atoms with Gasteiger partial charge in [-0.15, -0.1) is 0 Å². The van der Waals surface area contributed by atoms with Crippen LogP contribution >= 0.6 is 0 Å². The molecule has 0 spiro atoms. The van der Waals surface area contributed by atoms with E-state index in [4.69, 9.17) is 24.5 Å². The van der Waals surface area contributed by atoms with Crippen LogP contribution < -0.4 is 16.1 Å². The van der Waals surface area contributed by atoms with Crippen LogP contribution in [-0.2, 0) is 14.0 Å². The van der Waals surface area contributed by atoms with Gasteiger partial charge in [0.2, 0.25) is 0 Å². The minimum Gasteiger partial charge on any atom is -0.473 e. The second kappa shape index (κ2) is 5.78. The summed E-state index contributed by atoms with van der Waals surface area (Å²) in [5, 5.41) is 0. The largest absolute Gasteiger partial charge is 0.516 e. The predicted octanol–water partition coefficient (Wildman–Crippen LogP) is 0.383. The van der Waals surface area contributed by atoms with E-state index in [1.165, 1.54) is 0 Å². The summed E-state index contributed by atoms with van der Waals surface area (Å²) in [7, 11) is 1.01. The molecule has 2 heterocycles. The van der Waals surface area contributed by atoms with E-state index in [1.54, 1.807) is 13.3 Å². The third-order valence-corrected chi connectivity index (χ3v) is 3.81. The minimum atomic E-state index is -0.590. The predicted molar refractivity (Wildman–Crippen MR) is 79.5 cm³/mol. The molecule has 1 aliphatic rings. The fraction of sp³-hybridized carbons (Fsp3) is 0.692. The standard InChI is InChI=1S/C13H22BN3O4/c1-12(2)13(3,4)21-14(20-12)9-8-16-10(15)11(17-9)19-7-6-18-5/h8H,6-7H2,1-5H3,(H2,15,16). The monoisotopic (exact) mass is 295 g/mol. The fourth-order valence-electron chi connectivity index (χ4n) is 1.80. The van der Waals surface area contributed by atoms with Gasteiger partial charge in [0.15, 0.2) is 5.82 Å². The van der Waals surface area contributed by atoms with Gasteiger partial charge in [-0.3, -0.25) is 0 Å². The highest BCUT2D eigenvalue weighted by atomic mass is 16.7. The first-order valence-electron chi connectivity index (χ1n) is 6.86. The maximum absolute atomic E-state index is 5.92. The van der Waals surface area contributed by atoms with Gasteiger partial charge in [0, 0.05) is 13.3 Å². The van der Waals surface area contributed by atoms with Crippen molar-refractivity contribution in [3.05, 3.63) is 6.20 Å². The lowest BCUT2D eigenvalue weighted by Crippen LogP contribution is -2.41. The van der Waals surface area contributed by atoms with Crippen molar-refractivity contribution in [1.29, 1.82) is 0 Å². The van der Waals surface area contributed by atoms with E-state index < -0.39 is 18.3 Å². The quantitative estimate of drug-likeness (QED) is 0.620. The first-order valence-corrected chi connectivity index (χ1v) is 6.86. The number of rotatable bonds is 5. The van der Waals surface area contributed by atoms with Gasteiger partial charge in [-0.1, -0.05) is 0 Å². The zero-order valence-corrected chi connectivity index (χ0v) is 13.2. The van der Waals surface area contributed by atoms with Crippen molar-refractivity contribution in [3.63, 3.8) is 0 Å². The van der Waals surface area contributed by atoms with Gasteiger partial charge in [-0.25, -0.2) is 9.97 Å². The molecule has 2 N–H and O–H groups in total. The molecule has 0 aliphatic carbocycles. The molecule has 116 valence electrons. The number of nitrogens with zero attached hydrogens (tertiary/aromatic N) is 2.